The molecule has 1 aromatic carbocycles. The third kappa shape index (κ3) is 4.53. The topological polar surface area (TPSA) is 102 Å². The Hall–Kier alpha value is -3.65. The van der Waals surface area contributed by atoms with Gasteiger partial charge in [0.1, 0.15) is 11.5 Å². The van der Waals surface area contributed by atoms with Gasteiger partial charge in [-0.25, -0.2) is 9.67 Å². The maximum absolute atomic E-state index is 13.4. The van der Waals surface area contributed by atoms with Crippen molar-refractivity contribution in [3.05, 3.63) is 64.2 Å². The van der Waals surface area contributed by atoms with Crippen molar-refractivity contribution in [1.29, 1.82) is 0 Å². The van der Waals surface area contributed by atoms with E-state index in [2.05, 4.69) is 15.7 Å². The summed E-state index contributed by atoms with van der Waals surface area (Å²) in [6.45, 7) is 7.77. The fourth-order valence-corrected chi connectivity index (χ4v) is 4.34. The largest absolute Gasteiger partial charge is 0.466 e. The van der Waals surface area contributed by atoms with Gasteiger partial charge < -0.3 is 15.1 Å². The molecule has 5 rings (SSSR count). The minimum absolute atomic E-state index is 0.0616. The fraction of sp³-hybridized carbons (Fsp3) is 0.308. The van der Waals surface area contributed by atoms with E-state index in [1.807, 2.05) is 33.8 Å². The zero-order chi connectivity index (χ0) is 24.9. The number of benzene rings is 1. The number of rotatable bonds is 6. The van der Waals surface area contributed by atoms with Crippen LogP contribution in [-0.2, 0) is 0 Å². The number of anilines is 1. The first-order chi connectivity index (χ1) is 16.7. The van der Waals surface area contributed by atoms with Crippen molar-refractivity contribution < 1.29 is 14.0 Å². The van der Waals surface area contributed by atoms with Gasteiger partial charge in [0.2, 0.25) is 0 Å². The smallest absolute Gasteiger partial charge is 0.256 e. The minimum Gasteiger partial charge on any atom is -0.466 e. The summed E-state index contributed by atoms with van der Waals surface area (Å²) in [6, 6.07) is 8.83. The average molecular weight is 492 g/mol. The number of hydrogen-bond donors (Lipinski definition) is 2. The van der Waals surface area contributed by atoms with E-state index in [1.54, 1.807) is 35.1 Å². The summed E-state index contributed by atoms with van der Waals surface area (Å²) in [5.41, 5.74) is 3.37. The van der Waals surface area contributed by atoms with Crippen LogP contribution in [0.2, 0.25) is 5.02 Å². The normalized spacial score (nSPS) is 13.4. The monoisotopic (exact) mass is 491 g/mol. The molecule has 0 saturated heterocycles. The first-order valence-electron chi connectivity index (χ1n) is 11.6. The van der Waals surface area contributed by atoms with Crippen LogP contribution in [0.5, 0.6) is 0 Å². The van der Waals surface area contributed by atoms with Gasteiger partial charge in [-0.05, 0) is 70.9 Å². The molecule has 0 atom stereocenters. The maximum atomic E-state index is 13.4. The second-order valence-corrected chi connectivity index (χ2v) is 9.61. The molecule has 3 heterocycles. The van der Waals surface area contributed by atoms with E-state index in [4.69, 9.17) is 21.0 Å². The molecule has 0 unspecified atom stereocenters. The molecular weight excluding hydrogens is 466 g/mol. The van der Waals surface area contributed by atoms with E-state index < -0.39 is 0 Å². The Morgan fingerprint density at radius 3 is 2.51 bits per heavy atom. The van der Waals surface area contributed by atoms with Crippen molar-refractivity contribution >= 4 is 40.1 Å². The number of amides is 2. The Balaban J connectivity index is 1.51. The Morgan fingerprint density at radius 1 is 1.11 bits per heavy atom. The van der Waals surface area contributed by atoms with Gasteiger partial charge >= 0.3 is 0 Å². The number of aromatic nitrogens is 3. The zero-order valence-electron chi connectivity index (χ0n) is 20.0. The molecule has 1 aliphatic rings. The van der Waals surface area contributed by atoms with Crippen LogP contribution in [0.3, 0.4) is 0 Å². The minimum atomic E-state index is -0.328. The van der Waals surface area contributed by atoms with Crippen molar-refractivity contribution in [2.24, 2.45) is 0 Å². The van der Waals surface area contributed by atoms with Gasteiger partial charge in [-0.1, -0.05) is 11.6 Å². The Bertz CT molecular complexity index is 1470. The molecule has 0 radical (unpaired) electrons. The quantitative estimate of drug-likeness (QED) is 0.361. The van der Waals surface area contributed by atoms with Gasteiger partial charge in [0, 0.05) is 23.3 Å². The molecule has 3 aromatic heterocycles. The molecule has 9 heteroatoms. The number of nitrogens with one attached hydrogen (secondary N) is 2. The molecule has 180 valence electrons. The van der Waals surface area contributed by atoms with Crippen LogP contribution >= 0.6 is 11.6 Å². The first-order valence-corrected chi connectivity index (χ1v) is 12.0. The van der Waals surface area contributed by atoms with E-state index >= 15 is 0 Å². The number of pyridine rings is 1. The van der Waals surface area contributed by atoms with E-state index in [1.165, 1.54) is 0 Å². The molecule has 1 aliphatic carbocycles. The molecule has 2 N–H and O–H groups in total. The van der Waals surface area contributed by atoms with Crippen LogP contribution in [0.15, 0.2) is 40.9 Å². The molecule has 1 fully saturated rings. The van der Waals surface area contributed by atoms with Crippen molar-refractivity contribution in [2.75, 3.05) is 5.32 Å². The summed E-state index contributed by atoms with van der Waals surface area (Å²) < 4.78 is 7.49. The lowest BCUT2D eigenvalue weighted by atomic mass is 10.1. The summed E-state index contributed by atoms with van der Waals surface area (Å²) in [6.07, 6.45) is 3.64. The van der Waals surface area contributed by atoms with E-state index in [9.17, 15) is 9.59 Å². The van der Waals surface area contributed by atoms with Gasteiger partial charge in [0.25, 0.3) is 11.8 Å². The molecule has 8 nitrogen and oxygen atoms in total. The second-order valence-electron chi connectivity index (χ2n) is 9.20. The lowest BCUT2D eigenvalue weighted by molar-refractivity contribution is 0.0950. The van der Waals surface area contributed by atoms with Gasteiger partial charge in [-0.2, -0.15) is 5.10 Å². The van der Waals surface area contributed by atoms with Gasteiger partial charge in [0.15, 0.2) is 5.65 Å². The first kappa shape index (κ1) is 23.1. The number of hydrogen-bond acceptors (Lipinski definition) is 5. The predicted octanol–water partition coefficient (Wildman–Crippen LogP) is 5.69. The van der Waals surface area contributed by atoms with Crippen molar-refractivity contribution in [2.45, 2.75) is 52.6 Å². The molecule has 35 heavy (non-hydrogen) atoms. The number of carbonyl (C=O) groups excluding carboxylic acids is 2. The SMILES string of the molecule is Cc1cc(-c2cc(C(=O)Nc3ccc(C(=O)NC4CC4)c(Cl)c3)c3cnn(C(C)C)c3n2)c(C)o1. The molecule has 2 amide bonds. The van der Waals surface area contributed by atoms with Crippen LogP contribution in [0.1, 0.15) is 65.0 Å². The van der Waals surface area contributed by atoms with Crippen LogP contribution in [0.25, 0.3) is 22.3 Å². The van der Waals surface area contributed by atoms with Crippen LogP contribution in [0, 0.1) is 13.8 Å². The van der Waals surface area contributed by atoms with E-state index in [0.717, 1.165) is 29.9 Å². The number of fused-ring (bicyclic) bond motifs is 1. The highest BCUT2D eigenvalue weighted by Gasteiger charge is 2.25. The summed E-state index contributed by atoms with van der Waals surface area (Å²) >= 11 is 6.37. The summed E-state index contributed by atoms with van der Waals surface area (Å²) in [4.78, 5) is 30.6. The van der Waals surface area contributed by atoms with Gasteiger partial charge in [0.05, 0.1) is 33.4 Å². The molecule has 4 aromatic rings. The average Bonchev–Trinajstić information content (AvgIpc) is 3.39. The predicted molar refractivity (Wildman–Crippen MR) is 135 cm³/mol. The molecule has 0 spiro atoms. The Kier molecular flexibility index (Phi) is 5.84. The lowest BCUT2D eigenvalue weighted by Crippen LogP contribution is -2.25. The van der Waals surface area contributed by atoms with Crippen LogP contribution < -0.4 is 10.6 Å². The number of aryl methyl sites for hydroxylation is 2. The second kappa shape index (κ2) is 8.85. The van der Waals surface area contributed by atoms with Crippen molar-refractivity contribution in [3.63, 3.8) is 0 Å². The van der Waals surface area contributed by atoms with Gasteiger partial charge in [-0.3, -0.25) is 9.59 Å². The van der Waals surface area contributed by atoms with E-state index in [0.29, 0.717) is 33.5 Å². The summed E-state index contributed by atoms with van der Waals surface area (Å²) in [7, 11) is 0. The number of halogens is 1. The zero-order valence-corrected chi connectivity index (χ0v) is 20.7. The lowest BCUT2D eigenvalue weighted by Gasteiger charge is -2.12. The Labute approximate surface area is 207 Å². The van der Waals surface area contributed by atoms with E-state index in [-0.39, 0.29) is 28.9 Å². The standard InChI is InChI=1S/C26H26ClN5O3/c1-13(2)32-24-21(12-28-32)20(11-23(31-24)19-9-14(3)35-15(19)4)26(34)30-17-7-8-18(22(27)10-17)25(33)29-16-5-6-16/h7-13,16H,5-6H2,1-4H3,(H,29,33)(H,30,34). The third-order valence-electron chi connectivity index (χ3n) is 6.00. The maximum Gasteiger partial charge on any atom is 0.256 e. The highest BCUT2D eigenvalue weighted by molar-refractivity contribution is 6.34. The van der Waals surface area contributed by atoms with Gasteiger partial charge in [-0.15, -0.1) is 0 Å². The van der Waals surface area contributed by atoms with Crippen LogP contribution in [0.4, 0.5) is 5.69 Å². The number of furan rings is 1. The highest BCUT2D eigenvalue weighted by atomic mass is 35.5. The fourth-order valence-electron chi connectivity index (χ4n) is 4.07. The Morgan fingerprint density at radius 2 is 1.89 bits per heavy atom. The van der Waals surface area contributed by atoms with Crippen LogP contribution in [-0.4, -0.2) is 32.6 Å². The molecule has 0 aliphatic heterocycles. The molecule has 1 saturated carbocycles. The summed E-state index contributed by atoms with van der Waals surface area (Å²) in [5, 5.41) is 11.2. The molecular formula is C26H26ClN5O3. The van der Waals surface area contributed by atoms with Crippen molar-refractivity contribution in [3.8, 4) is 11.3 Å². The summed E-state index contributed by atoms with van der Waals surface area (Å²) in [5.74, 6) is 0.959. The third-order valence-corrected chi connectivity index (χ3v) is 6.31. The highest BCUT2D eigenvalue weighted by Crippen LogP contribution is 2.31. The number of nitrogens with zero attached hydrogens (tertiary/aromatic N) is 3. The van der Waals surface area contributed by atoms with Crippen molar-refractivity contribution in [1.82, 2.24) is 20.1 Å². The number of carbonyl (C=O) groups is 2. The molecule has 0 bridgehead atoms.